The van der Waals surface area contributed by atoms with E-state index >= 15 is 0 Å². The number of phosphoric ester groups is 2. The fourth-order valence-corrected chi connectivity index (χ4v) is 7.33. The minimum absolute atomic E-state index is 0.176. The second-order valence-corrected chi connectivity index (χ2v) is 14.5. The molecule has 3 fully saturated rings. The highest BCUT2D eigenvalue weighted by Crippen LogP contribution is 2.51. The van der Waals surface area contributed by atoms with E-state index in [0.717, 1.165) is 6.66 Å². The first-order chi connectivity index (χ1) is 17.6. The molecule has 3 saturated heterocycles. The van der Waals surface area contributed by atoms with E-state index in [9.17, 15) is 28.4 Å². The molecule has 3 aliphatic rings. The van der Waals surface area contributed by atoms with Gasteiger partial charge in [-0.25, -0.2) is 9.13 Å². The Morgan fingerprint density at radius 3 is 1.34 bits per heavy atom. The summed E-state index contributed by atoms with van der Waals surface area (Å²) in [5.41, 5.74) is 0. The lowest BCUT2D eigenvalue weighted by atomic mass is 10.1. The van der Waals surface area contributed by atoms with Gasteiger partial charge in [-0.3, -0.25) is 22.7 Å². The van der Waals surface area contributed by atoms with Gasteiger partial charge in [-0.1, -0.05) is 0 Å². The van der Waals surface area contributed by atoms with Gasteiger partial charge in [0.15, 0.2) is 0 Å². The fourth-order valence-electron chi connectivity index (χ4n) is 4.69. The number of phosphoric acid groups is 2. The Bertz CT molecular complexity index is 914. The van der Waals surface area contributed by atoms with Gasteiger partial charge in [0.2, 0.25) is 0 Å². The second-order valence-electron chi connectivity index (χ2n) is 9.88. The van der Waals surface area contributed by atoms with Crippen molar-refractivity contribution < 1.29 is 69.9 Å². The third kappa shape index (κ3) is 10.2. The van der Waals surface area contributed by atoms with Crippen LogP contribution >= 0.6 is 23.2 Å². The number of methoxy groups -OCH3 is 1. The van der Waals surface area contributed by atoms with Crippen LogP contribution in [-0.2, 0) is 55.3 Å². The Kier molecular flexibility index (Phi) is 11.6. The van der Waals surface area contributed by atoms with Crippen LogP contribution in [0.5, 0.6) is 0 Å². The molecule has 3 N–H and O–H groups in total. The summed E-state index contributed by atoms with van der Waals surface area (Å²) in [5, 5.41) is 0. The molecular formula is C20H39O15P3. The van der Waals surface area contributed by atoms with Crippen LogP contribution < -0.4 is 0 Å². The molecule has 12 unspecified atom stereocenters. The molecule has 3 heterocycles. The molecule has 38 heavy (non-hydrogen) atoms. The highest BCUT2D eigenvalue weighted by atomic mass is 31.2. The van der Waals surface area contributed by atoms with E-state index in [0.29, 0.717) is 12.8 Å². The molecule has 0 amide bonds. The van der Waals surface area contributed by atoms with Crippen molar-refractivity contribution in [2.75, 3.05) is 33.6 Å². The molecule has 0 radical (unpaired) electrons. The molecule has 224 valence electrons. The van der Waals surface area contributed by atoms with Gasteiger partial charge in [0.05, 0.1) is 44.2 Å². The van der Waals surface area contributed by atoms with Crippen molar-refractivity contribution >= 4 is 23.2 Å². The Morgan fingerprint density at radius 2 is 1.00 bits per heavy atom. The van der Waals surface area contributed by atoms with Crippen LogP contribution in [0.15, 0.2) is 0 Å². The van der Waals surface area contributed by atoms with Gasteiger partial charge in [-0.05, 0) is 20.8 Å². The molecule has 18 heteroatoms. The van der Waals surface area contributed by atoms with Crippen molar-refractivity contribution in [1.29, 1.82) is 0 Å². The topological polar surface area (TPSA) is 195 Å². The first kappa shape index (κ1) is 32.7. The SMILES string of the molecule is COCC1OC(C)CC1OP(=O)(O)OCC1OC(C)CC1OP(=O)(O)OCC1OC(C)CC1OP(C)(=O)O. The molecule has 3 rings (SSSR count). The van der Waals surface area contributed by atoms with Gasteiger partial charge in [0, 0.05) is 33.0 Å². The summed E-state index contributed by atoms with van der Waals surface area (Å²) in [6, 6.07) is 0. The zero-order valence-electron chi connectivity index (χ0n) is 22.0. The zero-order chi connectivity index (χ0) is 28.3. The van der Waals surface area contributed by atoms with Crippen LogP contribution in [-0.4, -0.2) is 103 Å². The van der Waals surface area contributed by atoms with Crippen LogP contribution in [0.3, 0.4) is 0 Å². The summed E-state index contributed by atoms with van der Waals surface area (Å²) in [4.78, 5) is 30.1. The van der Waals surface area contributed by atoms with Gasteiger partial charge >= 0.3 is 23.2 Å². The van der Waals surface area contributed by atoms with Crippen LogP contribution in [0.2, 0.25) is 0 Å². The molecular weight excluding hydrogens is 573 g/mol. The van der Waals surface area contributed by atoms with Crippen molar-refractivity contribution in [3.8, 4) is 0 Å². The Balaban J connectivity index is 1.52. The lowest BCUT2D eigenvalue weighted by Crippen LogP contribution is -2.31. The minimum atomic E-state index is -4.66. The fraction of sp³-hybridized carbons (Fsp3) is 1.00. The predicted molar refractivity (Wildman–Crippen MR) is 131 cm³/mol. The van der Waals surface area contributed by atoms with Crippen LogP contribution in [0.1, 0.15) is 40.0 Å². The van der Waals surface area contributed by atoms with E-state index in [2.05, 4.69) is 0 Å². The van der Waals surface area contributed by atoms with Crippen molar-refractivity contribution in [3.05, 3.63) is 0 Å². The summed E-state index contributed by atoms with van der Waals surface area (Å²) in [6.07, 6.45) is -4.93. The van der Waals surface area contributed by atoms with E-state index in [4.69, 9.17) is 41.6 Å². The van der Waals surface area contributed by atoms with Crippen molar-refractivity contribution in [3.63, 3.8) is 0 Å². The summed E-state index contributed by atoms with van der Waals surface area (Å²) < 4.78 is 84.8. The summed E-state index contributed by atoms with van der Waals surface area (Å²) in [6.45, 7) is 5.56. The number of rotatable bonds is 14. The normalized spacial score (nSPS) is 40.6. The maximum Gasteiger partial charge on any atom is 0.472 e. The first-order valence-electron chi connectivity index (χ1n) is 12.3. The number of hydrogen-bond donors (Lipinski definition) is 3. The largest absolute Gasteiger partial charge is 0.472 e. The van der Waals surface area contributed by atoms with E-state index in [1.54, 1.807) is 13.8 Å². The molecule has 0 aromatic heterocycles. The highest BCUT2D eigenvalue weighted by Gasteiger charge is 2.44. The lowest BCUT2D eigenvalue weighted by Gasteiger charge is -2.25. The molecule has 3 aliphatic heterocycles. The molecule has 0 bridgehead atoms. The average molecular weight is 612 g/mol. The Morgan fingerprint density at radius 1 is 0.658 bits per heavy atom. The quantitative estimate of drug-likeness (QED) is 0.242. The smallest absolute Gasteiger partial charge is 0.382 e. The molecule has 0 aromatic carbocycles. The van der Waals surface area contributed by atoms with E-state index < -0.39 is 79.2 Å². The van der Waals surface area contributed by atoms with Gasteiger partial charge in [0.25, 0.3) is 0 Å². The van der Waals surface area contributed by atoms with Crippen molar-refractivity contribution in [2.45, 2.75) is 95.0 Å². The molecule has 0 aromatic rings. The van der Waals surface area contributed by atoms with Crippen LogP contribution in [0.25, 0.3) is 0 Å². The second kappa shape index (κ2) is 13.5. The Hall–Kier alpha value is 0.210. The van der Waals surface area contributed by atoms with E-state index in [1.165, 1.54) is 7.11 Å². The molecule has 0 spiro atoms. The third-order valence-electron chi connectivity index (χ3n) is 6.16. The maximum absolute atomic E-state index is 12.7. The number of hydrogen-bond acceptors (Lipinski definition) is 12. The summed E-state index contributed by atoms with van der Waals surface area (Å²) in [5.74, 6) is 0. The third-order valence-corrected chi connectivity index (χ3v) is 8.85. The van der Waals surface area contributed by atoms with Crippen molar-refractivity contribution in [1.82, 2.24) is 0 Å². The van der Waals surface area contributed by atoms with Crippen molar-refractivity contribution in [2.24, 2.45) is 0 Å². The average Bonchev–Trinajstić information content (AvgIpc) is 3.40. The predicted octanol–water partition coefficient (Wildman–Crippen LogP) is 2.37. The summed E-state index contributed by atoms with van der Waals surface area (Å²) >= 11 is 0. The Labute approximate surface area is 222 Å². The molecule has 12 atom stereocenters. The molecule has 0 saturated carbocycles. The van der Waals surface area contributed by atoms with Gasteiger partial charge in [-0.2, -0.15) is 0 Å². The van der Waals surface area contributed by atoms with E-state index in [1.807, 2.05) is 6.92 Å². The monoisotopic (exact) mass is 612 g/mol. The van der Waals surface area contributed by atoms with E-state index in [-0.39, 0.29) is 25.2 Å². The highest BCUT2D eigenvalue weighted by molar-refractivity contribution is 7.51. The van der Waals surface area contributed by atoms with Crippen LogP contribution in [0, 0.1) is 0 Å². The maximum atomic E-state index is 12.7. The van der Waals surface area contributed by atoms with Gasteiger partial charge in [0.1, 0.15) is 30.5 Å². The number of ether oxygens (including phenoxy) is 4. The molecule has 0 aliphatic carbocycles. The minimum Gasteiger partial charge on any atom is -0.382 e. The zero-order valence-corrected chi connectivity index (χ0v) is 24.7. The lowest BCUT2D eigenvalue weighted by molar-refractivity contribution is -0.0434. The van der Waals surface area contributed by atoms with Crippen LogP contribution in [0.4, 0.5) is 0 Å². The van der Waals surface area contributed by atoms with Gasteiger partial charge in [-0.15, -0.1) is 0 Å². The standard InChI is InChI=1S/C20H39O15P3/c1-12-6-15(33-36(5,21)22)19(31-12)10-28-38(25,26)35-17-8-14(3)32-20(17)11-29-37(23,24)34-16-7-13(2)30-18(16)9-27-4/h12-20H,6-11H2,1-5H3,(H,21,22)(H,23,24)(H,25,26). The molecule has 15 nitrogen and oxygen atoms in total. The van der Waals surface area contributed by atoms with Gasteiger partial charge < -0.3 is 38.2 Å². The summed E-state index contributed by atoms with van der Waals surface area (Å²) in [7, 11) is -11.5. The first-order valence-corrected chi connectivity index (χ1v) is 17.3.